The van der Waals surface area contributed by atoms with Gasteiger partial charge in [0.05, 0.1) is 23.2 Å². The minimum absolute atomic E-state index is 0.0418. The van der Waals surface area contributed by atoms with Crippen molar-refractivity contribution in [2.24, 2.45) is 0 Å². The van der Waals surface area contributed by atoms with E-state index < -0.39 is 17.2 Å². The molecule has 0 amide bonds. The first-order valence-corrected chi connectivity index (χ1v) is 10.1. The molecule has 164 valence electrons. The summed E-state index contributed by atoms with van der Waals surface area (Å²) in [7, 11) is 1.65. The summed E-state index contributed by atoms with van der Waals surface area (Å²) < 4.78 is 44.5. The van der Waals surface area contributed by atoms with Crippen LogP contribution in [0.25, 0.3) is 0 Å². The van der Waals surface area contributed by atoms with Gasteiger partial charge in [-0.25, -0.2) is 9.97 Å². The highest BCUT2D eigenvalue weighted by Crippen LogP contribution is 2.37. The number of halogens is 3. The maximum atomic E-state index is 13.1. The van der Waals surface area contributed by atoms with Crippen molar-refractivity contribution in [1.82, 2.24) is 15.3 Å². The van der Waals surface area contributed by atoms with E-state index in [-0.39, 0.29) is 11.9 Å². The van der Waals surface area contributed by atoms with Crippen molar-refractivity contribution >= 4 is 17.5 Å². The molecule has 0 radical (unpaired) electrons. The lowest BCUT2D eigenvalue weighted by atomic mass is 9.74. The Morgan fingerprint density at radius 1 is 1.23 bits per heavy atom. The predicted molar refractivity (Wildman–Crippen MR) is 109 cm³/mol. The number of hydrogen-bond acceptors (Lipinski definition) is 7. The minimum atomic E-state index is -4.47. The van der Waals surface area contributed by atoms with Gasteiger partial charge in [-0.3, -0.25) is 0 Å². The maximum Gasteiger partial charge on any atom is 0.416 e. The standard InChI is InChI=1S/C21H23F3N6O/c1-31-16-11-30(12-16)19-10-15(20(13-25)3-6-26-7-4-20)9-18(29-19)28-17-8-14(2-5-27-17)21(22,23)24/h2,5,8-10,16,26H,3-4,6-7,11-12H2,1H3,(H,27,28,29). The Bertz CT molecular complexity index is 978. The number of piperidine rings is 1. The highest BCUT2D eigenvalue weighted by atomic mass is 19.4. The zero-order valence-electron chi connectivity index (χ0n) is 17.0. The van der Waals surface area contributed by atoms with Gasteiger partial charge in [-0.05, 0) is 55.8 Å². The number of anilines is 3. The number of aromatic nitrogens is 2. The van der Waals surface area contributed by atoms with E-state index in [1.807, 2.05) is 11.0 Å². The molecule has 2 aliphatic rings. The first-order valence-electron chi connectivity index (χ1n) is 10.1. The average molecular weight is 432 g/mol. The first-order chi connectivity index (χ1) is 14.8. The summed E-state index contributed by atoms with van der Waals surface area (Å²) in [6.45, 7) is 2.77. The second-order valence-corrected chi connectivity index (χ2v) is 7.86. The first kappa shape index (κ1) is 21.3. The van der Waals surface area contributed by atoms with Gasteiger partial charge in [-0.15, -0.1) is 0 Å². The van der Waals surface area contributed by atoms with Gasteiger partial charge in [0.25, 0.3) is 0 Å². The number of hydrogen-bond donors (Lipinski definition) is 2. The van der Waals surface area contributed by atoms with Crippen molar-refractivity contribution in [3.8, 4) is 6.07 Å². The van der Waals surface area contributed by atoms with E-state index in [1.54, 1.807) is 13.2 Å². The molecule has 0 aromatic carbocycles. The third kappa shape index (κ3) is 4.43. The number of nitriles is 1. The van der Waals surface area contributed by atoms with Crippen LogP contribution in [0.5, 0.6) is 0 Å². The van der Waals surface area contributed by atoms with Crippen LogP contribution in [0.3, 0.4) is 0 Å². The fourth-order valence-corrected chi connectivity index (χ4v) is 3.92. The molecule has 2 aromatic rings. The molecule has 4 rings (SSSR count). The van der Waals surface area contributed by atoms with Crippen molar-refractivity contribution < 1.29 is 17.9 Å². The topological polar surface area (TPSA) is 86.1 Å². The fraction of sp³-hybridized carbons (Fsp3) is 0.476. The Kier molecular flexibility index (Phi) is 5.73. The summed E-state index contributed by atoms with van der Waals surface area (Å²) in [5, 5.41) is 16.2. The molecule has 2 aromatic heterocycles. The summed E-state index contributed by atoms with van der Waals surface area (Å²) in [6.07, 6.45) is -1.95. The summed E-state index contributed by atoms with van der Waals surface area (Å²) >= 11 is 0. The Hall–Kier alpha value is -2.90. The maximum absolute atomic E-state index is 13.1. The number of nitrogens with zero attached hydrogens (tertiary/aromatic N) is 4. The smallest absolute Gasteiger partial charge is 0.378 e. The van der Waals surface area contributed by atoms with Crippen LogP contribution in [0.2, 0.25) is 0 Å². The molecule has 0 aliphatic carbocycles. The molecule has 7 nitrogen and oxygen atoms in total. The van der Waals surface area contributed by atoms with E-state index in [0.717, 1.165) is 37.0 Å². The Balaban J connectivity index is 1.69. The van der Waals surface area contributed by atoms with Crippen LogP contribution in [0.4, 0.5) is 30.6 Å². The number of ether oxygens (including phenoxy) is 1. The molecule has 2 saturated heterocycles. The highest BCUT2D eigenvalue weighted by Gasteiger charge is 2.36. The van der Waals surface area contributed by atoms with Gasteiger partial charge in [0.1, 0.15) is 17.5 Å². The third-order valence-electron chi connectivity index (χ3n) is 5.88. The summed E-state index contributed by atoms with van der Waals surface area (Å²) in [4.78, 5) is 10.6. The second-order valence-electron chi connectivity index (χ2n) is 7.86. The van der Waals surface area contributed by atoms with E-state index in [2.05, 4.69) is 26.7 Å². The van der Waals surface area contributed by atoms with Crippen LogP contribution < -0.4 is 15.5 Å². The molecule has 0 bridgehead atoms. The Morgan fingerprint density at radius 3 is 2.61 bits per heavy atom. The van der Waals surface area contributed by atoms with Crippen molar-refractivity contribution in [2.75, 3.05) is 43.5 Å². The Morgan fingerprint density at radius 2 is 1.97 bits per heavy atom. The molecule has 0 unspecified atom stereocenters. The second kappa shape index (κ2) is 8.32. The molecular formula is C21H23F3N6O. The van der Waals surface area contributed by atoms with E-state index in [4.69, 9.17) is 4.74 Å². The van der Waals surface area contributed by atoms with E-state index in [9.17, 15) is 18.4 Å². The quantitative estimate of drug-likeness (QED) is 0.750. The summed E-state index contributed by atoms with van der Waals surface area (Å²) in [5.41, 5.74) is -0.665. The SMILES string of the molecule is COC1CN(c2cc(C3(C#N)CCNCC3)cc(Nc3cc(C(F)(F)F)ccn3)n2)C1. The number of nitrogens with one attached hydrogen (secondary N) is 2. The van der Waals surface area contributed by atoms with E-state index in [0.29, 0.717) is 37.6 Å². The average Bonchev–Trinajstić information content (AvgIpc) is 2.73. The van der Waals surface area contributed by atoms with Gasteiger partial charge >= 0.3 is 6.18 Å². The van der Waals surface area contributed by atoms with Crippen molar-refractivity contribution in [2.45, 2.75) is 30.5 Å². The molecule has 31 heavy (non-hydrogen) atoms. The van der Waals surface area contributed by atoms with Gasteiger partial charge < -0.3 is 20.3 Å². The number of alkyl halides is 3. The van der Waals surface area contributed by atoms with Crippen LogP contribution in [-0.4, -0.2) is 49.4 Å². The molecule has 0 atom stereocenters. The molecule has 2 aliphatic heterocycles. The van der Waals surface area contributed by atoms with E-state index in [1.165, 1.54) is 0 Å². The fourth-order valence-electron chi connectivity index (χ4n) is 3.92. The van der Waals surface area contributed by atoms with Gasteiger partial charge in [0, 0.05) is 26.4 Å². The number of methoxy groups -OCH3 is 1. The molecule has 0 saturated carbocycles. The third-order valence-corrected chi connectivity index (χ3v) is 5.88. The highest BCUT2D eigenvalue weighted by molar-refractivity contribution is 5.60. The van der Waals surface area contributed by atoms with Crippen LogP contribution >= 0.6 is 0 Å². The minimum Gasteiger partial charge on any atom is -0.378 e. The summed E-state index contributed by atoms with van der Waals surface area (Å²) in [5.74, 6) is 1.06. The molecule has 2 N–H and O–H groups in total. The number of pyridine rings is 2. The molecular weight excluding hydrogens is 409 g/mol. The molecule has 10 heteroatoms. The zero-order valence-corrected chi connectivity index (χ0v) is 17.0. The Labute approximate surface area is 178 Å². The van der Waals surface area contributed by atoms with Gasteiger partial charge in [-0.1, -0.05) is 0 Å². The lowest BCUT2D eigenvalue weighted by Gasteiger charge is -2.40. The van der Waals surface area contributed by atoms with Crippen molar-refractivity contribution in [3.05, 3.63) is 41.6 Å². The van der Waals surface area contributed by atoms with Crippen LogP contribution in [0, 0.1) is 11.3 Å². The van der Waals surface area contributed by atoms with Gasteiger partial charge in [-0.2, -0.15) is 18.4 Å². The molecule has 0 spiro atoms. The lowest BCUT2D eigenvalue weighted by molar-refractivity contribution is -0.137. The lowest BCUT2D eigenvalue weighted by Crippen LogP contribution is -2.52. The van der Waals surface area contributed by atoms with Crippen LogP contribution in [0.15, 0.2) is 30.5 Å². The van der Waals surface area contributed by atoms with Crippen molar-refractivity contribution in [1.29, 1.82) is 5.26 Å². The molecule has 2 fully saturated rings. The van der Waals surface area contributed by atoms with E-state index >= 15 is 0 Å². The van der Waals surface area contributed by atoms with Gasteiger partial charge in [0.15, 0.2) is 0 Å². The monoisotopic (exact) mass is 432 g/mol. The molecule has 4 heterocycles. The predicted octanol–water partition coefficient (Wildman–Crippen LogP) is 3.22. The van der Waals surface area contributed by atoms with Crippen LogP contribution in [-0.2, 0) is 16.3 Å². The normalized spacial score (nSPS) is 18.9. The van der Waals surface area contributed by atoms with Crippen LogP contribution in [0.1, 0.15) is 24.0 Å². The van der Waals surface area contributed by atoms with Gasteiger partial charge in [0.2, 0.25) is 0 Å². The zero-order chi connectivity index (χ0) is 22.1. The van der Waals surface area contributed by atoms with Crippen molar-refractivity contribution in [3.63, 3.8) is 0 Å². The largest absolute Gasteiger partial charge is 0.416 e. The summed E-state index contributed by atoms with van der Waals surface area (Å²) in [6, 6.07) is 7.99. The number of rotatable bonds is 5.